The second-order valence-corrected chi connectivity index (χ2v) is 4.65. The smallest absolute Gasteiger partial charge is 0.335 e. The molecule has 1 unspecified atom stereocenters. The number of hydrogen-bond donors (Lipinski definition) is 2. The lowest BCUT2D eigenvalue weighted by atomic mass is 10.1. The highest BCUT2D eigenvalue weighted by atomic mass is 32.2. The van der Waals surface area contributed by atoms with Gasteiger partial charge in [-0.15, -0.1) is 0 Å². The fourth-order valence-corrected chi connectivity index (χ4v) is 2.03. The molecular weight excluding hydrogens is 222 g/mol. The molecule has 0 radical (unpaired) electrons. The number of thioether (sulfide) groups is 1. The molecule has 0 aliphatic heterocycles. The standard InChI is InChI=1S/C12H17NO2S/c1-9(8-16-2)13-7-10-4-3-5-11(6-10)12(14)15/h3-6,9,13H,7-8H2,1-2H3,(H,14,15). The summed E-state index contributed by atoms with van der Waals surface area (Å²) in [6.45, 7) is 2.83. The number of hydrogen-bond acceptors (Lipinski definition) is 3. The van der Waals surface area contributed by atoms with E-state index in [0.717, 1.165) is 11.3 Å². The lowest BCUT2D eigenvalue weighted by Crippen LogP contribution is -2.27. The summed E-state index contributed by atoms with van der Waals surface area (Å²) in [5.41, 5.74) is 1.35. The van der Waals surface area contributed by atoms with Crippen molar-refractivity contribution in [3.8, 4) is 0 Å². The third kappa shape index (κ3) is 4.24. The first-order chi connectivity index (χ1) is 7.63. The molecule has 0 aliphatic carbocycles. The molecule has 88 valence electrons. The summed E-state index contributed by atoms with van der Waals surface area (Å²) in [6, 6.07) is 7.46. The Kier molecular flexibility index (Phi) is 5.35. The number of carboxylic acids is 1. The van der Waals surface area contributed by atoms with Gasteiger partial charge >= 0.3 is 5.97 Å². The Morgan fingerprint density at radius 3 is 2.94 bits per heavy atom. The molecule has 1 rings (SSSR count). The molecule has 2 N–H and O–H groups in total. The molecule has 0 spiro atoms. The molecule has 0 fully saturated rings. The molecule has 0 heterocycles. The zero-order valence-corrected chi connectivity index (χ0v) is 10.4. The minimum Gasteiger partial charge on any atom is -0.478 e. The van der Waals surface area contributed by atoms with E-state index in [0.29, 0.717) is 18.2 Å². The van der Waals surface area contributed by atoms with Gasteiger partial charge in [0.05, 0.1) is 5.56 Å². The van der Waals surface area contributed by atoms with Gasteiger partial charge in [-0.3, -0.25) is 0 Å². The summed E-state index contributed by atoms with van der Waals surface area (Å²) in [7, 11) is 0. The third-order valence-corrected chi connectivity index (χ3v) is 3.08. The quantitative estimate of drug-likeness (QED) is 0.799. The zero-order valence-electron chi connectivity index (χ0n) is 9.56. The van der Waals surface area contributed by atoms with Crippen LogP contribution in [-0.2, 0) is 6.54 Å². The van der Waals surface area contributed by atoms with Gasteiger partial charge in [-0.25, -0.2) is 4.79 Å². The van der Waals surface area contributed by atoms with Crippen LogP contribution in [0.1, 0.15) is 22.8 Å². The van der Waals surface area contributed by atoms with Gasteiger partial charge in [0.2, 0.25) is 0 Å². The topological polar surface area (TPSA) is 49.3 Å². The zero-order chi connectivity index (χ0) is 12.0. The van der Waals surface area contributed by atoms with Crippen LogP contribution >= 0.6 is 11.8 Å². The number of carbonyl (C=O) groups is 1. The number of nitrogens with one attached hydrogen (secondary N) is 1. The molecule has 0 saturated heterocycles. The van der Waals surface area contributed by atoms with E-state index in [1.807, 2.05) is 6.07 Å². The second kappa shape index (κ2) is 6.55. The van der Waals surface area contributed by atoms with Gasteiger partial charge in [0, 0.05) is 18.3 Å². The van der Waals surface area contributed by atoms with Crippen LogP contribution in [0.25, 0.3) is 0 Å². The molecule has 0 bridgehead atoms. The van der Waals surface area contributed by atoms with E-state index in [9.17, 15) is 4.79 Å². The van der Waals surface area contributed by atoms with Crippen molar-refractivity contribution < 1.29 is 9.90 Å². The van der Waals surface area contributed by atoms with Crippen LogP contribution in [0.4, 0.5) is 0 Å². The molecule has 3 nitrogen and oxygen atoms in total. The predicted octanol–water partition coefficient (Wildman–Crippen LogP) is 2.23. The largest absolute Gasteiger partial charge is 0.478 e. The molecule has 1 aromatic rings. The first-order valence-electron chi connectivity index (χ1n) is 5.18. The van der Waals surface area contributed by atoms with Crippen molar-refractivity contribution in [2.75, 3.05) is 12.0 Å². The van der Waals surface area contributed by atoms with Crippen LogP contribution in [-0.4, -0.2) is 29.1 Å². The van der Waals surface area contributed by atoms with Crippen LogP contribution in [0, 0.1) is 0 Å². The predicted molar refractivity (Wildman–Crippen MR) is 68.1 cm³/mol. The molecular formula is C12H17NO2S. The van der Waals surface area contributed by atoms with Crippen molar-refractivity contribution in [2.45, 2.75) is 19.5 Å². The summed E-state index contributed by atoms with van der Waals surface area (Å²) in [4.78, 5) is 10.8. The molecule has 16 heavy (non-hydrogen) atoms. The monoisotopic (exact) mass is 239 g/mol. The molecule has 4 heteroatoms. The van der Waals surface area contributed by atoms with Crippen molar-refractivity contribution >= 4 is 17.7 Å². The van der Waals surface area contributed by atoms with Gasteiger partial charge in [-0.05, 0) is 30.9 Å². The maximum Gasteiger partial charge on any atom is 0.335 e. The van der Waals surface area contributed by atoms with Gasteiger partial charge in [-0.2, -0.15) is 11.8 Å². The van der Waals surface area contributed by atoms with Crippen LogP contribution < -0.4 is 5.32 Å². The molecule has 0 aromatic heterocycles. The highest BCUT2D eigenvalue weighted by molar-refractivity contribution is 7.98. The molecule has 1 atom stereocenters. The number of benzene rings is 1. The maximum absolute atomic E-state index is 10.8. The average Bonchev–Trinajstić information content (AvgIpc) is 2.27. The average molecular weight is 239 g/mol. The summed E-state index contributed by atoms with van der Waals surface area (Å²) in [5.74, 6) is 0.178. The van der Waals surface area contributed by atoms with Crippen molar-refractivity contribution in [3.05, 3.63) is 35.4 Å². The normalized spacial score (nSPS) is 12.4. The summed E-state index contributed by atoms with van der Waals surface area (Å²) in [6.07, 6.45) is 2.07. The highest BCUT2D eigenvalue weighted by Gasteiger charge is 2.04. The summed E-state index contributed by atoms with van der Waals surface area (Å²) < 4.78 is 0. The summed E-state index contributed by atoms with van der Waals surface area (Å²) >= 11 is 1.80. The Bertz CT molecular complexity index is 355. The third-order valence-electron chi connectivity index (χ3n) is 2.25. The Hall–Kier alpha value is -1.00. The van der Waals surface area contributed by atoms with Crippen molar-refractivity contribution in [3.63, 3.8) is 0 Å². The van der Waals surface area contributed by atoms with Crippen molar-refractivity contribution in [1.29, 1.82) is 0 Å². The maximum atomic E-state index is 10.8. The fourth-order valence-electron chi connectivity index (χ4n) is 1.42. The van der Waals surface area contributed by atoms with Crippen LogP contribution in [0.15, 0.2) is 24.3 Å². The first-order valence-corrected chi connectivity index (χ1v) is 6.57. The van der Waals surface area contributed by atoms with Gasteiger partial charge in [0.25, 0.3) is 0 Å². The van der Waals surface area contributed by atoms with E-state index in [4.69, 9.17) is 5.11 Å². The van der Waals surface area contributed by atoms with Gasteiger partial charge < -0.3 is 10.4 Å². The SMILES string of the molecule is CSCC(C)NCc1cccc(C(=O)O)c1. The summed E-state index contributed by atoms with van der Waals surface area (Å²) in [5, 5.41) is 12.2. The van der Waals surface area contributed by atoms with Crippen LogP contribution in [0.3, 0.4) is 0 Å². The van der Waals surface area contributed by atoms with E-state index in [1.165, 1.54) is 0 Å². The Morgan fingerprint density at radius 2 is 2.31 bits per heavy atom. The van der Waals surface area contributed by atoms with Crippen molar-refractivity contribution in [2.24, 2.45) is 0 Å². The van der Waals surface area contributed by atoms with E-state index >= 15 is 0 Å². The van der Waals surface area contributed by atoms with Gasteiger partial charge in [0.15, 0.2) is 0 Å². The molecule has 0 aliphatic rings. The van der Waals surface area contributed by atoms with Gasteiger partial charge in [0.1, 0.15) is 0 Å². The number of carboxylic acid groups (broad SMARTS) is 1. The molecule has 0 amide bonds. The van der Waals surface area contributed by atoms with Crippen LogP contribution in [0.5, 0.6) is 0 Å². The Balaban J connectivity index is 2.54. The fraction of sp³-hybridized carbons (Fsp3) is 0.417. The van der Waals surface area contributed by atoms with E-state index < -0.39 is 5.97 Å². The van der Waals surface area contributed by atoms with E-state index in [-0.39, 0.29) is 0 Å². The van der Waals surface area contributed by atoms with E-state index in [2.05, 4.69) is 18.5 Å². The molecule has 1 aromatic carbocycles. The minimum atomic E-state index is -0.876. The van der Waals surface area contributed by atoms with Crippen LogP contribution in [0.2, 0.25) is 0 Å². The minimum absolute atomic E-state index is 0.344. The lowest BCUT2D eigenvalue weighted by molar-refractivity contribution is 0.0697. The van der Waals surface area contributed by atoms with E-state index in [1.54, 1.807) is 30.0 Å². The lowest BCUT2D eigenvalue weighted by Gasteiger charge is -2.12. The number of aromatic carboxylic acids is 1. The van der Waals surface area contributed by atoms with Gasteiger partial charge in [-0.1, -0.05) is 12.1 Å². The Labute approximate surface area is 100 Å². The molecule has 0 saturated carbocycles. The van der Waals surface area contributed by atoms with Crippen molar-refractivity contribution in [1.82, 2.24) is 5.32 Å². The Morgan fingerprint density at radius 1 is 1.56 bits per heavy atom. The first kappa shape index (κ1) is 13.1. The second-order valence-electron chi connectivity index (χ2n) is 3.74. The highest BCUT2D eigenvalue weighted by Crippen LogP contribution is 2.06. The number of rotatable bonds is 6.